The number of pyridine rings is 1. The van der Waals surface area contributed by atoms with Crippen LogP contribution in [0.25, 0.3) is 33.4 Å². The monoisotopic (exact) mass is 388 g/mol. The molecule has 1 aliphatic heterocycles. The second kappa shape index (κ2) is 7.06. The highest BCUT2D eigenvalue weighted by molar-refractivity contribution is 5.97. The van der Waals surface area contributed by atoms with E-state index < -0.39 is 6.10 Å². The van der Waals surface area contributed by atoms with E-state index in [1.165, 1.54) is 0 Å². The fourth-order valence-electron chi connectivity index (χ4n) is 3.76. The molecular weight excluding hydrogens is 368 g/mol. The number of hydrogen-bond donors (Lipinski definition) is 4. The van der Waals surface area contributed by atoms with Gasteiger partial charge in [-0.25, -0.2) is 9.78 Å². The van der Waals surface area contributed by atoms with Gasteiger partial charge in [0.2, 0.25) is 0 Å². The summed E-state index contributed by atoms with van der Waals surface area (Å²) < 4.78 is 0. The molecule has 4 heterocycles. The lowest BCUT2D eigenvalue weighted by Gasteiger charge is -2.16. The van der Waals surface area contributed by atoms with E-state index in [9.17, 15) is 9.90 Å². The van der Waals surface area contributed by atoms with Gasteiger partial charge in [0.15, 0.2) is 0 Å². The van der Waals surface area contributed by atoms with Crippen LogP contribution in [0, 0.1) is 0 Å². The minimum Gasteiger partial charge on any atom is -0.391 e. The molecule has 0 aliphatic carbocycles. The molecule has 0 bridgehead atoms. The number of β-amino-alcohol motifs (C(OH)–C–C–N with tert-alkyl or cyclic N) is 1. The highest BCUT2D eigenvalue weighted by atomic mass is 16.3. The molecular formula is C21H20N6O2. The molecule has 1 aromatic carbocycles. The zero-order chi connectivity index (χ0) is 19.8. The van der Waals surface area contributed by atoms with Crippen LogP contribution in [0.15, 0.2) is 55.0 Å². The van der Waals surface area contributed by atoms with E-state index in [1.54, 1.807) is 11.1 Å². The number of urea groups is 1. The highest BCUT2D eigenvalue weighted by Crippen LogP contribution is 2.34. The van der Waals surface area contributed by atoms with Gasteiger partial charge in [0.05, 0.1) is 18.0 Å². The van der Waals surface area contributed by atoms with Crippen LogP contribution >= 0.6 is 0 Å². The van der Waals surface area contributed by atoms with Crippen LogP contribution in [0.2, 0.25) is 0 Å². The Kier molecular flexibility index (Phi) is 4.25. The van der Waals surface area contributed by atoms with Gasteiger partial charge < -0.3 is 20.3 Å². The number of aromatic nitrogens is 4. The number of nitrogens with one attached hydrogen (secondary N) is 3. The van der Waals surface area contributed by atoms with E-state index in [2.05, 4.69) is 25.5 Å². The molecule has 29 heavy (non-hydrogen) atoms. The Morgan fingerprint density at radius 2 is 2.03 bits per heavy atom. The maximum absolute atomic E-state index is 12.3. The predicted octanol–water partition coefficient (Wildman–Crippen LogP) is 3.22. The number of nitrogens with zero attached hydrogens (tertiary/aromatic N) is 3. The minimum atomic E-state index is -0.429. The number of likely N-dealkylation sites (tertiary alicyclic amines) is 1. The third kappa shape index (κ3) is 3.23. The van der Waals surface area contributed by atoms with Crippen molar-refractivity contribution in [2.24, 2.45) is 0 Å². The van der Waals surface area contributed by atoms with Crippen molar-refractivity contribution in [1.82, 2.24) is 25.1 Å². The smallest absolute Gasteiger partial charge is 0.321 e. The van der Waals surface area contributed by atoms with Crippen molar-refractivity contribution in [3.63, 3.8) is 0 Å². The molecule has 0 radical (unpaired) electrons. The third-order valence-corrected chi connectivity index (χ3v) is 5.27. The molecule has 1 saturated heterocycles. The maximum Gasteiger partial charge on any atom is 0.321 e. The van der Waals surface area contributed by atoms with E-state index in [0.717, 1.165) is 33.4 Å². The van der Waals surface area contributed by atoms with Crippen molar-refractivity contribution in [3.8, 4) is 22.4 Å². The molecule has 0 spiro atoms. The number of carbonyl (C=O) groups is 1. The molecule has 1 aliphatic rings. The summed E-state index contributed by atoms with van der Waals surface area (Å²) in [5, 5.41) is 20.8. The largest absolute Gasteiger partial charge is 0.391 e. The number of H-pyrrole nitrogens is 2. The van der Waals surface area contributed by atoms with Crippen LogP contribution in [-0.2, 0) is 0 Å². The number of rotatable bonds is 3. The minimum absolute atomic E-state index is 0.192. The van der Waals surface area contributed by atoms with Gasteiger partial charge in [0.1, 0.15) is 5.65 Å². The molecule has 1 atom stereocenters. The average Bonchev–Trinajstić information content (AvgIpc) is 3.48. The molecule has 2 amide bonds. The van der Waals surface area contributed by atoms with Gasteiger partial charge in [0.25, 0.3) is 0 Å². The standard InChI is InChI=1S/C21H20N6O2/c28-15-7-10-27(12-15)21(29)25-14-3-1-13(2-4-14)19-18(11-24-26-19)16-5-8-22-20-17(16)6-9-23-20/h1-6,8-9,11,15,28H,7,10,12H2,(H,22,23)(H,24,26)(H,25,29). The number of fused-ring (bicyclic) bond motifs is 1. The van der Waals surface area contributed by atoms with Crippen LogP contribution in [0.4, 0.5) is 10.5 Å². The third-order valence-electron chi connectivity index (χ3n) is 5.27. The SMILES string of the molecule is O=C(Nc1ccc(-c2[nH]ncc2-c2ccnc3[nH]ccc23)cc1)N1CCC(O)C1. The zero-order valence-electron chi connectivity index (χ0n) is 15.6. The van der Waals surface area contributed by atoms with Crippen molar-refractivity contribution in [2.75, 3.05) is 18.4 Å². The molecule has 4 N–H and O–H groups in total. The first-order chi connectivity index (χ1) is 14.2. The summed E-state index contributed by atoms with van der Waals surface area (Å²) in [5.74, 6) is 0. The summed E-state index contributed by atoms with van der Waals surface area (Å²) in [6, 6.07) is 11.4. The topological polar surface area (TPSA) is 110 Å². The van der Waals surface area contributed by atoms with Gasteiger partial charge in [-0.05, 0) is 36.2 Å². The van der Waals surface area contributed by atoms with Crippen molar-refractivity contribution >= 4 is 22.8 Å². The Bertz CT molecular complexity index is 1160. The van der Waals surface area contributed by atoms with Crippen LogP contribution in [-0.4, -0.2) is 55.4 Å². The summed E-state index contributed by atoms with van der Waals surface area (Å²) >= 11 is 0. The Morgan fingerprint density at radius 1 is 1.17 bits per heavy atom. The second-order valence-corrected chi connectivity index (χ2v) is 7.15. The summed E-state index contributed by atoms with van der Waals surface area (Å²) in [4.78, 5) is 21.4. The number of aliphatic hydroxyl groups is 1. The second-order valence-electron chi connectivity index (χ2n) is 7.15. The van der Waals surface area contributed by atoms with E-state index in [1.807, 2.05) is 48.8 Å². The summed E-state index contributed by atoms with van der Waals surface area (Å²) in [5.41, 5.74) is 5.44. The quantitative estimate of drug-likeness (QED) is 0.432. The van der Waals surface area contributed by atoms with E-state index in [-0.39, 0.29) is 6.03 Å². The zero-order valence-corrected chi connectivity index (χ0v) is 15.6. The van der Waals surface area contributed by atoms with Gasteiger partial charge in [0, 0.05) is 47.7 Å². The first kappa shape index (κ1) is 17.4. The molecule has 0 saturated carbocycles. The number of hydrogen-bond acceptors (Lipinski definition) is 4. The molecule has 5 rings (SSSR count). The normalized spacial score (nSPS) is 16.4. The number of amides is 2. The van der Waals surface area contributed by atoms with Crippen molar-refractivity contribution in [1.29, 1.82) is 0 Å². The van der Waals surface area contributed by atoms with Gasteiger partial charge in [-0.3, -0.25) is 5.10 Å². The summed E-state index contributed by atoms with van der Waals surface area (Å²) in [6.07, 6.45) is 5.65. The Hall–Kier alpha value is -3.65. The van der Waals surface area contributed by atoms with Gasteiger partial charge in [-0.15, -0.1) is 0 Å². The number of aliphatic hydroxyl groups excluding tert-OH is 1. The number of anilines is 1. The number of benzene rings is 1. The van der Waals surface area contributed by atoms with Gasteiger partial charge in [-0.1, -0.05) is 12.1 Å². The van der Waals surface area contributed by atoms with Crippen LogP contribution in [0.1, 0.15) is 6.42 Å². The van der Waals surface area contributed by atoms with E-state index in [0.29, 0.717) is 25.2 Å². The van der Waals surface area contributed by atoms with Gasteiger partial charge in [-0.2, -0.15) is 5.10 Å². The lowest BCUT2D eigenvalue weighted by atomic mass is 10.0. The lowest BCUT2D eigenvalue weighted by molar-refractivity contribution is 0.176. The molecule has 1 unspecified atom stereocenters. The fourth-order valence-corrected chi connectivity index (χ4v) is 3.76. The van der Waals surface area contributed by atoms with Crippen LogP contribution in [0.5, 0.6) is 0 Å². The Labute approximate surface area is 166 Å². The maximum atomic E-state index is 12.3. The first-order valence-electron chi connectivity index (χ1n) is 9.49. The molecule has 8 nitrogen and oxygen atoms in total. The Balaban J connectivity index is 1.40. The first-order valence-corrected chi connectivity index (χ1v) is 9.49. The molecule has 3 aromatic heterocycles. The lowest BCUT2D eigenvalue weighted by Crippen LogP contribution is -2.33. The summed E-state index contributed by atoms with van der Waals surface area (Å²) in [7, 11) is 0. The molecule has 1 fully saturated rings. The van der Waals surface area contributed by atoms with Crippen molar-refractivity contribution in [3.05, 3.63) is 55.0 Å². The highest BCUT2D eigenvalue weighted by Gasteiger charge is 2.24. The predicted molar refractivity (Wildman–Crippen MR) is 110 cm³/mol. The van der Waals surface area contributed by atoms with Crippen LogP contribution < -0.4 is 5.32 Å². The molecule has 146 valence electrons. The van der Waals surface area contributed by atoms with Crippen molar-refractivity contribution < 1.29 is 9.90 Å². The fraction of sp³-hybridized carbons (Fsp3) is 0.190. The van der Waals surface area contributed by atoms with E-state index in [4.69, 9.17) is 0 Å². The van der Waals surface area contributed by atoms with Crippen molar-refractivity contribution in [2.45, 2.75) is 12.5 Å². The number of aromatic amines is 2. The summed E-state index contributed by atoms with van der Waals surface area (Å²) in [6.45, 7) is 0.948. The number of carbonyl (C=O) groups excluding carboxylic acids is 1. The molecule has 4 aromatic rings. The van der Waals surface area contributed by atoms with Gasteiger partial charge >= 0.3 is 6.03 Å². The molecule has 8 heteroatoms. The van der Waals surface area contributed by atoms with Crippen LogP contribution in [0.3, 0.4) is 0 Å². The Morgan fingerprint density at radius 3 is 2.83 bits per heavy atom. The average molecular weight is 388 g/mol. The van der Waals surface area contributed by atoms with E-state index >= 15 is 0 Å².